The Bertz CT molecular complexity index is 1080. The van der Waals surface area contributed by atoms with Gasteiger partial charge in [-0.05, 0) is 37.3 Å². The number of benzene rings is 1. The molecule has 1 aromatic carbocycles. The standard InChI is InChI=1S/C20H22N6/c1-13-18(15-5-3-4-6-17(15)24-13)14-7-9-26(10-8-14)20-16-11-23-25(2)19(16)21-12-22-20/h3-6,11-12,14,24H,7-10H2,1-2H3. The number of nitrogens with one attached hydrogen (secondary N) is 1. The molecule has 1 fully saturated rings. The Hall–Kier alpha value is -2.89. The second-order valence-electron chi connectivity index (χ2n) is 7.17. The summed E-state index contributed by atoms with van der Waals surface area (Å²) in [5.41, 5.74) is 4.94. The van der Waals surface area contributed by atoms with E-state index in [-0.39, 0.29) is 0 Å². The molecule has 132 valence electrons. The van der Waals surface area contributed by atoms with Crippen molar-refractivity contribution in [2.45, 2.75) is 25.7 Å². The van der Waals surface area contributed by atoms with Gasteiger partial charge in [-0.1, -0.05) is 18.2 Å². The summed E-state index contributed by atoms with van der Waals surface area (Å²) >= 11 is 0. The van der Waals surface area contributed by atoms with Gasteiger partial charge in [0.1, 0.15) is 12.1 Å². The molecule has 0 saturated carbocycles. The molecule has 0 bridgehead atoms. The molecule has 3 aromatic heterocycles. The van der Waals surface area contributed by atoms with Crippen LogP contribution in [0.3, 0.4) is 0 Å². The summed E-state index contributed by atoms with van der Waals surface area (Å²) in [6.07, 6.45) is 5.79. The Balaban J connectivity index is 1.43. The minimum atomic E-state index is 0.591. The first kappa shape index (κ1) is 15.4. The van der Waals surface area contributed by atoms with E-state index in [1.54, 1.807) is 6.33 Å². The van der Waals surface area contributed by atoms with Crippen LogP contribution in [0, 0.1) is 6.92 Å². The monoisotopic (exact) mass is 346 g/mol. The van der Waals surface area contributed by atoms with E-state index in [0.29, 0.717) is 5.92 Å². The number of nitrogens with zero attached hydrogens (tertiary/aromatic N) is 5. The topological polar surface area (TPSA) is 62.6 Å². The summed E-state index contributed by atoms with van der Waals surface area (Å²) in [4.78, 5) is 14.8. The van der Waals surface area contributed by atoms with Crippen molar-refractivity contribution in [2.75, 3.05) is 18.0 Å². The van der Waals surface area contributed by atoms with Gasteiger partial charge in [-0.3, -0.25) is 4.68 Å². The maximum absolute atomic E-state index is 4.55. The molecule has 4 heterocycles. The van der Waals surface area contributed by atoms with Crippen molar-refractivity contribution < 1.29 is 0 Å². The number of H-pyrrole nitrogens is 1. The molecule has 5 rings (SSSR count). The van der Waals surface area contributed by atoms with Crippen LogP contribution < -0.4 is 4.90 Å². The molecule has 6 nitrogen and oxygen atoms in total. The number of hydrogen-bond donors (Lipinski definition) is 1. The van der Waals surface area contributed by atoms with E-state index in [1.807, 2.05) is 17.9 Å². The van der Waals surface area contributed by atoms with E-state index in [2.05, 4.69) is 56.1 Å². The van der Waals surface area contributed by atoms with Crippen LogP contribution in [0.4, 0.5) is 5.82 Å². The minimum absolute atomic E-state index is 0.591. The highest BCUT2D eigenvalue weighted by Crippen LogP contribution is 2.37. The molecule has 26 heavy (non-hydrogen) atoms. The molecule has 0 radical (unpaired) electrons. The fraction of sp³-hybridized carbons (Fsp3) is 0.350. The van der Waals surface area contributed by atoms with Gasteiger partial charge >= 0.3 is 0 Å². The predicted molar refractivity (Wildman–Crippen MR) is 104 cm³/mol. The normalized spacial score (nSPS) is 16.0. The highest BCUT2D eigenvalue weighted by molar-refractivity contribution is 5.87. The summed E-state index contributed by atoms with van der Waals surface area (Å²) in [6, 6.07) is 8.64. The van der Waals surface area contributed by atoms with E-state index >= 15 is 0 Å². The lowest BCUT2D eigenvalue weighted by molar-refractivity contribution is 0.504. The average Bonchev–Trinajstić information content (AvgIpc) is 3.21. The molecule has 4 aromatic rings. The van der Waals surface area contributed by atoms with Crippen molar-refractivity contribution >= 4 is 27.8 Å². The quantitative estimate of drug-likeness (QED) is 0.603. The smallest absolute Gasteiger partial charge is 0.163 e. The predicted octanol–water partition coefficient (Wildman–Crippen LogP) is 3.54. The third kappa shape index (κ3) is 2.29. The van der Waals surface area contributed by atoms with Crippen molar-refractivity contribution in [3.05, 3.63) is 48.0 Å². The Morgan fingerprint density at radius 3 is 2.73 bits per heavy atom. The molecule has 1 aliphatic heterocycles. The Labute approximate surface area is 151 Å². The third-order valence-electron chi connectivity index (χ3n) is 5.65. The molecule has 0 spiro atoms. The van der Waals surface area contributed by atoms with Crippen LogP contribution in [0.25, 0.3) is 21.9 Å². The molecular formula is C20H22N6. The zero-order chi connectivity index (χ0) is 17.7. The lowest BCUT2D eigenvalue weighted by Gasteiger charge is -2.33. The van der Waals surface area contributed by atoms with Crippen molar-refractivity contribution in [3.63, 3.8) is 0 Å². The number of fused-ring (bicyclic) bond motifs is 2. The summed E-state index contributed by atoms with van der Waals surface area (Å²) in [7, 11) is 1.92. The Morgan fingerprint density at radius 1 is 1.08 bits per heavy atom. The van der Waals surface area contributed by atoms with Gasteiger partial charge in [0.05, 0.1) is 11.6 Å². The zero-order valence-corrected chi connectivity index (χ0v) is 15.1. The van der Waals surface area contributed by atoms with Gasteiger partial charge in [0.15, 0.2) is 5.65 Å². The molecule has 1 N–H and O–H groups in total. The average molecular weight is 346 g/mol. The van der Waals surface area contributed by atoms with E-state index in [4.69, 9.17) is 0 Å². The number of rotatable bonds is 2. The number of aromatic amines is 1. The lowest BCUT2D eigenvalue weighted by atomic mass is 9.87. The highest BCUT2D eigenvalue weighted by Gasteiger charge is 2.26. The van der Waals surface area contributed by atoms with Crippen molar-refractivity contribution in [1.82, 2.24) is 24.7 Å². The molecule has 0 atom stereocenters. The van der Waals surface area contributed by atoms with E-state index in [1.165, 1.54) is 22.2 Å². The van der Waals surface area contributed by atoms with Gasteiger partial charge in [-0.15, -0.1) is 0 Å². The number of piperidine rings is 1. The number of anilines is 1. The molecular weight excluding hydrogens is 324 g/mol. The van der Waals surface area contributed by atoms with Crippen LogP contribution in [0.5, 0.6) is 0 Å². The SMILES string of the molecule is Cc1[nH]c2ccccc2c1C1CCN(c2ncnc3c2cnn3C)CC1. The van der Waals surface area contributed by atoms with Crippen molar-refractivity contribution in [3.8, 4) is 0 Å². The summed E-state index contributed by atoms with van der Waals surface area (Å²) < 4.78 is 1.81. The zero-order valence-electron chi connectivity index (χ0n) is 15.1. The second-order valence-corrected chi connectivity index (χ2v) is 7.17. The first-order chi connectivity index (χ1) is 12.7. The Kier molecular flexibility index (Phi) is 3.45. The van der Waals surface area contributed by atoms with Gasteiger partial charge in [-0.25, -0.2) is 9.97 Å². The summed E-state index contributed by atoms with van der Waals surface area (Å²) in [5.74, 6) is 1.60. The van der Waals surface area contributed by atoms with Crippen molar-refractivity contribution in [2.24, 2.45) is 7.05 Å². The van der Waals surface area contributed by atoms with Gasteiger partial charge in [0.2, 0.25) is 0 Å². The number of para-hydroxylation sites is 1. The largest absolute Gasteiger partial charge is 0.358 e. The van der Waals surface area contributed by atoms with Gasteiger partial charge in [-0.2, -0.15) is 5.10 Å². The fourth-order valence-corrected chi connectivity index (χ4v) is 4.41. The van der Waals surface area contributed by atoms with Crippen molar-refractivity contribution in [1.29, 1.82) is 0 Å². The molecule has 1 saturated heterocycles. The van der Waals surface area contributed by atoms with Crippen LogP contribution in [-0.4, -0.2) is 37.8 Å². The number of aryl methyl sites for hydroxylation is 2. The maximum Gasteiger partial charge on any atom is 0.163 e. The van der Waals surface area contributed by atoms with Crippen LogP contribution in [0.1, 0.15) is 30.0 Å². The van der Waals surface area contributed by atoms with E-state index < -0.39 is 0 Å². The molecule has 1 aliphatic rings. The first-order valence-corrected chi connectivity index (χ1v) is 9.17. The molecule has 0 unspecified atom stereocenters. The van der Waals surface area contributed by atoms with E-state index in [9.17, 15) is 0 Å². The fourth-order valence-electron chi connectivity index (χ4n) is 4.41. The minimum Gasteiger partial charge on any atom is -0.358 e. The summed E-state index contributed by atoms with van der Waals surface area (Å²) in [6.45, 7) is 4.21. The maximum atomic E-state index is 4.55. The molecule has 0 amide bonds. The van der Waals surface area contributed by atoms with Crippen LogP contribution in [0.15, 0.2) is 36.8 Å². The number of aromatic nitrogens is 5. The molecule has 6 heteroatoms. The third-order valence-corrected chi connectivity index (χ3v) is 5.65. The van der Waals surface area contributed by atoms with Crippen LogP contribution in [-0.2, 0) is 7.05 Å². The van der Waals surface area contributed by atoms with Gasteiger partial charge in [0, 0.05) is 36.7 Å². The van der Waals surface area contributed by atoms with Gasteiger partial charge < -0.3 is 9.88 Å². The highest BCUT2D eigenvalue weighted by atomic mass is 15.3. The second kappa shape index (κ2) is 5.83. The first-order valence-electron chi connectivity index (χ1n) is 9.17. The lowest BCUT2D eigenvalue weighted by Crippen LogP contribution is -2.33. The summed E-state index contributed by atoms with van der Waals surface area (Å²) in [5, 5.41) is 6.75. The number of hydrogen-bond acceptors (Lipinski definition) is 4. The van der Waals surface area contributed by atoms with Gasteiger partial charge in [0.25, 0.3) is 0 Å². The molecule has 0 aliphatic carbocycles. The van der Waals surface area contributed by atoms with Crippen LogP contribution in [0.2, 0.25) is 0 Å². The van der Waals surface area contributed by atoms with Crippen LogP contribution >= 0.6 is 0 Å². The Morgan fingerprint density at radius 2 is 1.88 bits per heavy atom. The van der Waals surface area contributed by atoms with E-state index in [0.717, 1.165) is 42.8 Å².